The van der Waals surface area contributed by atoms with Crippen molar-refractivity contribution in [3.8, 4) is 17.0 Å². The molecule has 2 aromatic heterocycles. The number of carbonyl (C=O) groups is 1. The summed E-state index contributed by atoms with van der Waals surface area (Å²) in [5, 5.41) is 2.70. The smallest absolute Gasteiger partial charge is 0.267 e. The molecule has 0 radical (unpaired) electrons. The number of methoxy groups -OCH3 is 1. The molecule has 0 bridgehead atoms. The van der Waals surface area contributed by atoms with Crippen molar-refractivity contribution in [2.75, 3.05) is 12.4 Å². The van der Waals surface area contributed by atoms with Crippen LogP contribution in [0, 0.1) is 12.7 Å². The molecule has 2 heterocycles. The average molecular weight is 416 g/mol. The van der Waals surface area contributed by atoms with Gasteiger partial charge in [-0.3, -0.25) is 9.20 Å². The van der Waals surface area contributed by atoms with Gasteiger partial charge in [-0.05, 0) is 49.4 Å². The molecule has 0 aliphatic carbocycles. The monoisotopic (exact) mass is 415 g/mol. The minimum absolute atomic E-state index is 0.0420. The minimum atomic E-state index is -0.531. The number of amides is 1. The maximum atomic E-state index is 13.3. The lowest BCUT2D eigenvalue weighted by atomic mass is 10.2. The van der Waals surface area contributed by atoms with E-state index in [4.69, 9.17) is 16.3 Å². The Balaban J connectivity index is 1.61. The van der Waals surface area contributed by atoms with Crippen LogP contribution < -0.4 is 10.1 Å². The Labute approximate surface area is 169 Å². The van der Waals surface area contributed by atoms with Crippen LogP contribution in [0.1, 0.15) is 15.4 Å². The van der Waals surface area contributed by atoms with E-state index in [9.17, 15) is 9.18 Å². The molecule has 0 atom stereocenters. The van der Waals surface area contributed by atoms with Gasteiger partial charge in [0.1, 0.15) is 16.4 Å². The van der Waals surface area contributed by atoms with E-state index in [1.165, 1.54) is 29.5 Å². The highest BCUT2D eigenvalue weighted by atomic mass is 35.5. The van der Waals surface area contributed by atoms with E-state index in [0.717, 1.165) is 22.7 Å². The van der Waals surface area contributed by atoms with Gasteiger partial charge in [-0.15, -0.1) is 0 Å². The largest absolute Gasteiger partial charge is 0.497 e. The number of carbonyl (C=O) groups excluding carboxylic acids is 1. The summed E-state index contributed by atoms with van der Waals surface area (Å²) >= 11 is 7.06. The van der Waals surface area contributed by atoms with E-state index >= 15 is 0 Å². The third kappa shape index (κ3) is 3.34. The first-order valence-electron chi connectivity index (χ1n) is 8.35. The molecule has 0 unspecified atom stereocenters. The Morgan fingerprint density at radius 1 is 1.25 bits per heavy atom. The van der Waals surface area contributed by atoms with Crippen LogP contribution in [-0.2, 0) is 0 Å². The van der Waals surface area contributed by atoms with Gasteiger partial charge in [0.05, 0.1) is 17.8 Å². The molecule has 28 heavy (non-hydrogen) atoms. The maximum absolute atomic E-state index is 13.3. The fraction of sp³-hybridized carbons (Fsp3) is 0.100. The van der Waals surface area contributed by atoms with Crippen molar-refractivity contribution in [1.82, 2.24) is 9.38 Å². The van der Waals surface area contributed by atoms with Gasteiger partial charge in [-0.25, -0.2) is 9.37 Å². The van der Waals surface area contributed by atoms with Gasteiger partial charge in [-0.1, -0.05) is 22.9 Å². The molecule has 0 saturated heterocycles. The number of hydrogen-bond acceptors (Lipinski definition) is 4. The van der Waals surface area contributed by atoms with E-state index in [1.54, 1.807) is 7.11 Å². The zero-order chi connectivity index (χ0) is 19.8. The van der Waals surface area contributed by atoms with Crippen molar-refractivity contribution in [2.45, 2.75) is 6.92 Å². The molecule has 1 amide bonds. The van der Waals surface area contributed by atoms with Crippen LogP contribution in [0.25, 0.3) is 16.2 Å². The van der Waals surface area contributed by atoms with Crippen LogP contribution in [0.2, 0.25) is 5.02 Å². The highest BCUT2D eigenvalue weighted by Gasteiger charge is 2.18. The lowest BCUT2D eigenvalue weighted by Crippen LogP contribution is -2.12. The molecule has 142 valence electrons. The summed E-state index contributed by atoms with van der Waals surface area (Å²) in [7, 11) is 1.62. The average Bonchev–Trinajstić information content (AvgIpc) is 3.24. The van der Waals surface area contributed by atoms with Crippen LogP contribution in [0.15, 0.2) is 48.7 Å². The molecule has 0 aliphatic rings. The number of aromatic nitrogens is 2. The van der Waals surface area contributed by atoms with Crippen molar-refractivity contribution in [3.05, 3.63) is 70.1 Å². The van der Waals surface area contributed by atoms with Crippen molar-refractivity contribution in [2.24, 2.45) is 0 Å². The number of thiazole rings is 1. The van der Waals surface area contributed by atoms with E-state index in [1.807, 2.05) is 41.8 Å². The van der Waals surface area contributed by atoms with Crippen molar-refractivity contribution < 1.29 is 13.9 Å². The van der Waals surface area contributed by atoms with Gasteiger partial charge < -0.3 is 10.1 Å². The van der Waals surface area contributed by atoms with Crippen molar-refractivity contribution in [1.29, 1.82) is 0 Å². The fourth-order valence-electron chi connectivity index (χ4n) is 2.82. The van der Waals surface area contributed by atoms with Crippen LogP contribution in [-0.4, -0.2) is 22.4 Å². The van der Waals surface area contributed by atoms with Crippen LogP contribution in [0.4, 0.5) is 10.1 Å². The van der Waals surface area contributed by atoms with E-state index < -0.39 is 5.82 Å². The summed E-state index contributed by atoms with van der Waals surface area (Å²) < 4.78 is 20.3. The SMILES string of the molecule is COc1ccc(-c2cn3c(C)c(C(=O)Nc4ccc(F)c(Cl)c4)sc3n2)cc1. The second kappa shape index (κ2) is 7.26. The van der Waals surface area contributed by atoms with Crippen molar-refractivity contribution >= 4 is 39.5 Å². The molecule has 4 rings (SSSR count). The molecule has 1 N–H and O–H groups in total. The maximum Gasteiger partial charge on any atom is 0.267 e. The second-order valence-corrected chi connectivity index (χ2v) is 7.49. The molecular weight excluding hydrogens is 401 g/mol. The summed E-state index contributed by atoms with van der Waals surface area (Å²) in [6.45, 7) is 1.86. The molecule has 0 saturated carbocycles. The minimum Gasteiger partial charge on any atom is -0.497 e. The lowest BCUT2D eigenvalue weighted by molar-refractivity contribution is 0.102. The Hall–Kier alpha value is -2.90. The summed E-state index contributed by atoms with van der Waals surface area (Å²) in [6.07, 6.45) is 1.90. The molecular formula is C20H15ClFN3O2S. The number of anilines is 1. The summed E-state index contributed by atoms with van der Waals surface area (Å²) in [5.74, 6) is -0.0426. The molecule has 5 nitrogen and oxygen atoms in total. The molecule has 0 fully saturated rings. The van der Waals surface area contributed by atoms with E-state index in [0.29, 0.717) is 15.5 Å². The number of fused-ring (bicyclic) bond motifs is 1. The number of nitrogens with zero attached hydrogens (tertiary/aromatic N) is 2. The number of aryl methyl sites for hydroxylation is 1. The number of ether oxygens (including phenoxy) is 1. The summed E-state index contributed by atoms with van der Waals surface area (Å²) in [4.78, 5) is 18.5. The van der Waals surface area contributed by atoms with Crippen LogP contribution >= 0.6 is 22.9 Å². The third-order valence-corrected chi connectivity index (χ3v) is 5.77. The van der Waals surface area contributed by atoms with Gasteiger partial charge in [-0.2, -0.15) is 0 Å². The number of nitrogens with one attached hydrogen (secondary N) is 1. The van der Waals surface area contributed by atoms with Crippen LogP contribution in [0.5, 0.6) is 5.75 Å². The normalized spacial score (nSPS) is 11.0. The molecule has 4 aromatic rings. The zero-order valence-corrected chi connectivity index (χ0v) is 16.6. The predicted octanol–water partition coefficient (Wildman–Crippen LogP) is 5.42. The van der Waals surface area contributed by atoms with Gasteiger partial charge in [0.15, 0.2) is 4.96 Å². The van der Waals surface area contributed by atoms with Gasteiger partial charge in [0.2, 0.25) is 0 Å². The molecule has 0 spiro atoms. The number of rotatable bonds is 4. The summed E-state index contributed by atoms with van der Waals surface area (Å²) in [6, 6.07) is 11.7. The Morgan fingerprint density at radius 3 is 2.64 bits per heavy atom. The molecule has 8 heteroatoms. The predicted molar refractivity (Wildman–Crippen MR) is 109 cm³/mol. The highest BCUT2D eigenvalue weighted by molar-refractivity contribution is 7.19. The Bertz CT molecular complexity index is 1180. The Morgan fingerprint density at radius 2 is 2.00 bits per heavy atom. The zero-order valence-electron chi connectivity index (χ0n) is 15.0. The van der Waals surface area contributed by atoms with E-state index in [-0.39, 0.29) is 10.9 Å². The second-order valence-electron chi connectivity index (χ2n) is 6.11. The van der Waals surface area contributed by atoms with Gasteiger partial charge in [0.25, 0.3) is 5.91 Å². The molecule has 0 aliphatic heterocycles. The van der Waals surface area contributed by atoms with E-state index in [2.05, 4.69) is 10.3 Å². The lowest BCUT2D eigenvalue weighted by Gasteiger charge is -2.05. The van der Waals surface area contributed by atoms with Gasteiger partial charge >= 0.3 is 0 Å². The first-order chi connectivity index (χ1) is 13.5. The first-order valence-corrected chi connectivity index (χ1v) is 9.55. The third-order valence-electron chi connectivity index (χ3n) is 4.33. The fourth-order valence-corrected chi connectivity index (χ4v) is 4.01. The molecule has 2 aromatic carbocycles. The number of hydrogen-bond donors (Lipinski definition) is 1. The first kappa shape index (κ1) is 18.5. The van der Waals surface area contributed by atoms with Crippen molar-refractivity contribution in [3.63, 3.8) is 0 Å². The Kier molecular flexibility index (Phi) is 4.78. The summed E-state index contributed by atoms with van der Waals surface area (Å²) in [5.41, 5.74) is 2.98. The van der Waals surface area contributed by atoms with Gasteiger partial charge in [0, 0.05) is 23.1 Å². The number of imidazole rings is 1. The number of halogens is 2. The highest BCUT2D eigenvalue weighted by Crippen LogP contribution is 2.29. The quantitative estimate of drug-likeness (QED) is 0.484. The van der Waals surface area contributed by atoms with Crippen LogP contribution in [0.3, 0.4) is 0 Å². The topological polar surface area (TPSA) is 55.6 Å². The number of benzene rings is 2. The standard InChI is InChI=1S/C20H15ClFN3O2S/c1-11-18(19(26)23-13-5-8-16(22)15(21)9-13)28-20-24-17(10-25(11)20)12-3-6-14(27-2)7-4-12/h3-10H,1-2H3,(H,23,26).